The second kappa shape index (κ2) is 6.51. The minimum Gasteiger partial charge on any atom is -0.456 e. The molecule has 24 heavy (non-hydrogen) atoms. The normalized spacial score (nSPS) is 22.2. The zero-order valence-electron chi connectivity index (χ0n) is 13.5. The number of pyridine rings is 1. The lowest BCUT2D eigenvalue weighted by Crippen LogP contribution is -2.38. The van der Waals surface area contributed by atoms with E-state index in [0.717, 1.165) is 24.4 Å². The van der Waals surface area contributed by atoms with Gasteiger partial charge in [0.25, 0.3) is 0 Å². The molecule has 1 saturated carbocycles. The fourth-order valence-electron chi connectivity index (χ4n) is 3.73. The quantitative estimate of drug-likeness (QED) is 0.917. The number of anilines is 1. The summed E-state index contributed by atoms with van der Waals surface area (Å²) in [5, 5.41) is 3.01. The Kier molecular flexibility index (Phi) is 4.07. The van der Waals surface area contributed by atoms with Crippen LogP contribution in [0.3, 0.4) is 0 Å². The molecule has 1 aliphatic heterocycles. The summed E-state index contributed by atoms with van der Waals surface area (Å²) in [6, 6.07) is 11.6. The van der Waals surface area contributed by atoms with Crippen molar-refractivity contribution >= 4 is 11.7 Å². The maximum Gasteiger partial charge on any atom is 0.322 e. The summed E-state index contributed by atoms with van der Waals surface area (Å²) < 4.78 is 5.71. The molecule has 1 aliphatic carbocycles. The molecule has 2 bridgehead atoms. The number of likely N-dealkylation sites (tertiary alicyclic amines) is 1. The molecule has 0 radical (unpaired) electrons. The van der Waals surface area contributed by atoms with Crippen LogP contribution in [0.5, 0.6) is 11.5 Å². The van der Waals surface area contributed by atoms with Crippen LogP contribution in [0.25, 0.3) is 0 Å². The van der Waals surface area contributed by atoms with E-state index in [1.54, 1.807) is 12.4 Å². The van der Waals surface area contributed by atoms with Crippen molar-refractivity contribution in [2.75, 3.05) is 11.9 Å². The zero-order valence-corrected chi connectivity index (χ0v) is 13.5. The third-order valence-electron chi connectivity index (χ3n) is 4.89. The molecule has 2 aromatic rings. The topological polar surface area (TPSA) is 54.5 Å². The second-order valence-corrected chi connectivity index (χ2v) is 6.58. The zero-order chi connectivity index (χ0) is 16.4. The minimum absolute atomic E-state index is 0.0188. The number of hydrogen-bond acceptors (Lipinski definition) is 3. The van der Waals surface area contributed by atoms with Gasteiger partial charge in [0.15, 0.2) is 0 Å². The third-order valence-corrected chi connectivity index (χ3v) is 4.89. The van der Waals surface area contributed by atoms with Crippen LogP contribution in [0.4, 0.5) is 10.5 Å². The number of nitrogens with one attached hydrogen (secondary N) is 1. The van der Waals surface area contributed by atoms with E-state index in [2.05, 4.69) is 10.3 Å². The van der Waals surface area contributed by atoms with Crippen LogP contribution in [0, 0.1) is 5.92 Å². The summed E-state index contributed by atoms with van der Waals surface area (Å²) in [7, 11) is 0. The van der Waals surface area contributed by atoms with Gasteiger partial charge in [0.05, 0.1) is 6.20 Å². The smallest absolute Gasteiger partial charge is 0.322 e. The Hall–Kier alpha value is -2.56. The largest absolute Gasteiger partial charge is 0.456 e. The molecule has 2 aliphatic rings. The number of hydrogen-bond donors (Lipinski definition) is 1. The molecule has 0 unspecified atom stereocenters. The number of rotatable bonds is 3. The third kappa shape index (κ3) is 3.20. The lowest BCUT2D eigenvalue weighted by Gasteiger charge is -2.24. The molecule has 4 rings (SSSR count). The first-order valence-corrected chi connectivity index (χ1v) is 8.53. The number of aromatic nitrogens is 1. The second-order valence-electron chi connectivity index (χ2n) is 6.58. The summed E-state index contributed by atoms with van der Waals surface area (Å²) >= 11 is 0. The highest BCUT2D eigenvalue weighted by molar-refractivity contribution is 5.89. The standard InChI is InChI=1S/C19H21N3O2/c23-19(22-13-14-3-1-4-16(22)11-14)21-15-6-8-17(9-7-15)24-18-5-2-10-20-12-18/h2,5-10,12,14,16H,1,3-4,11,13H2,(H,21,23)/t14-,16+/m1/s1. The van der Waals surface area contributed by atoms with Gasteiger partial charge in [-0.2, -0.15) is 0 Å². The highest BCUT2D eigenvalue weighted by Crippen LogP contribution is 2.35. The molecule has 1 aromatic heterocycles. The Bertz CT molecular complexity index is 702. The molecule has 1 N–H and O–H groups in total. The van der Waals surface area contributed by atoms with E-state index in [1.807, 2.05) is 41.3 Å². The van der Waals surface area contributed by atoms with Crippen LogP contribution in [0.15, 0.2) is 48.8 Å². The predicted octanol–water partition coefficient (Wildman–Crippen LogP) is 4.28. The average molecular weight is 323 g/mol. The van der Waals surface area contributed by atoms with Crippen LogP contribution in [0.1, 0.15) is 25.7 Å². The minimum atomic E-state index is 0.0188. The molecule has 1 aromatic carbocycles. The molecule has 124 valence electrons. The highest BCUT2D eigenvalue weighted by atomic mass is 16.5. The van der Waals surface area contributed by atoms with Gasteiger partial charge >= 0.3 is 6.03 Å². The number of nitrogens with zero attached hydrogens (tertiary/aromatic N) is 2. The molecule has 2 amide bonds. The number of amides is 2. The van der Waals surface area contributed by atoms with Crippen molar-refractivity contribution in [1.29, 1.82) is 0 Å². The Morgan fingerprint density at radius 3 is 2.79 bits per heavy atom. The molecular weight excluding hydrogens is 302 g/mol. The van der Waals surface area contributed by atoms with Gasteiger partial charge in [-0.05, 0) is 61.6 Å². The molecule has 5 nitrogen and oxygen atoms in total. The number of fused-ring (bicyclic) bond motifs is 2. The van der Waals surface area contributed by atoms with Crippen molar-refractivity contribution < 1.29 is 9.53 Å². The molecule has 0 spiro atoms. The fourth-order valence-corrected chi connectivity index (χ4v) is 3.73. The lowest BCUT2D eigenvalue weighted by molar-refractivity contribution is 0.204. The first-order valence-electron chi connectivity index (χ1n) is 8.53. The van der Waals surface area contributed by atoms with Crippen molar-refractivity contribution in [1.82, 2.24) is 9.88 Å². The number of urea groups is 1. The van der Waals surface area contributed by atoms with E-state index >= 15 is 0 Å². The van der Waals surface area contributed by atoms with Crippen molar-refractivity contribution in [2.45, 2.75) is 31.7 Å². The predicted molar refractivity (Wildman–Crippen MR) is 92.2 cm³/mol. The first-order chi connectivity index (χ1) is 11.8. The van der Waals surface area contributed by atoms with Crippen LogP contribution in [-0.2, 0) is 0 Å². The Morgan fingerprint density at radius 1 is 1.17 bits per heavy atom. The van der Waals surface area contributed by atoms with Gasteiger partial charge in [0.1, 0.15) is 11.5 Å². The molecule has 2 fully saturated rings. The summed E-state index contributed by atoms with van der Waals surface area (Å²) in [5.41, 5.74) is 0.792. The number of carbonyl (C=O) groups is 1. The van der Waals surface area contributed by atoms with Crippen molar-refractivity contribution in [3.8, 4) is 11.5 Å². The number of benzene rings is 1. The van der Waals surface area contributed by atoms with Crippen molar-refractivity contribution in [3.05, 3.63) is 48.8 Å². The molecule has 2 heterocycles. The van der Waals surface area contributed by atoms with E-state index in [9.17, 15) is 4.79 Å². The number of ether oxygens (including phenoxy) is 1. The van der Waals surface area contributed by atoms with E-state index in [1.165, 1.54) is 19.3 Å². The summed E-state index contributed by atoms with van der Waals surface area (Å²) in [5.74, 6) is 2.11. The van der Waals surface area contributed by atoms with Gasteiger partial charge in [-0.25, -0.2) is 4.79 Å². The van der Waals surface area contributed by atoms with Gasteiger partial charge in [0.2, 0.25) is 0 Å². The van der Waals surface area contributed by atoms with Gasteiger partial charge in [-0.3, -0.25) is 4.98 Å². The van der Waals surface area contributed by atoms with E-state index in [0.29, 0.717) is 17.7 Å². The summed E-state index contributed by atoms with van der Waals surface area (Å²) in [4.78, 5) is 18.5. The lowest BCUT2D eigenvalue weighted by atomic mass is 9.91. The average Bonchev–Trinajstić information content (AvgIpc) is 2.91. The van der Waals surface area contributed by atoms with E-state index in [4.69, 9.17) is 4.74 Å². The monoisotopic (exact) mass is 323 g/mol. The Morgan fingerprint density at radius 2 is 2.04 bits per heavy atom. The van der Waals surface area contributed by atoms with Crippen LogP contribution >= 0.6 is 0 Å². The maximum atomic E-state index is 12.5. The number of carbonyl (C=O) groups excluding carboxylic acids is 1. The molecule has 1 saturated heterocycles. The van der Waals surface area contributed by atoms with Gasteiger partial charge in [0, 0.05) is 24.5 Å². The summed E-state index contributed by atoms with van der Waals surface area (Å²) in [6.45, 7) is 0.901. The van der Waals surface area contributed by atoms with E-state index < -0.39 is 0 Å². The van der Waals surface area contributed by atoms with Crippen LogP contribution < -0.4 is 10.1 Å². The van der Waals surface area contributed by atoms with Crippen molar-refractivity contribution in [2.24, 2.45) is 5.92 Å². The van der Waals surface area contributed by atoms with Crippen molar-refractivity contribution in [3.63, 3.8) is 0 Å². The van der Waals surface area contributed by atoms with Crippen LogP contribution in [-0.4, -0.2) is 28.5 Å². The molecule has 2 atom stereocenters. The first kappa shape index (κ1) is 15.0. The van der Waals surface area contributed by atoms with Gasteiger partial charge < -0.3 is 15.0 Å². The Labute approximate surface area is 141 Å². The highest BCUT2D eigenvalue weighted by Gasteiger charge is 2.37. The van der Waals surface area contributed by atoms with Crippen LogP contribution in [0.2, 0.25) is 0 Å². The Balaban J connectivity index is 1.37. The van der Waals surface area contributed by atoms with Gasteiger partial charge in [-0.1, -0.05) is 6.42 Å². The summed E-state index contributed by atoms with van der Waals surface area (Å²) in [6.07, 6.45) is 8.20. The maximum absolute atomic E-state index is 12.5. The van der Waals surface area contributed by atoms with Gasteiger partial charge in [-0.15, -0.1) is 0 Å². The molecular formula is C19H21N3O2. The fraction of sp³-hybridized carbons (Fsp3) is 0.368. The van der Waals surface area contributed by atoms with E-state index in [-0.39, 0.29) is 6.03 Å². The molecule has 5 heteroatoms. The SMILES string of the molecule is O=C(Nc1ccc(Oc2cccnc2)cc1)N1C[C@@H]2CCC[C@H]1C2.